The van der Waals surface area contributed by atoms with Gasteiger partial charge in [0.1, 0.15) is 5.52 Å². The number of hydrogen-bond acceptors (Lipinski definition) is 3. The number of aromatic nitrogens is 1. The first-order valence-corrected chi connectivity index (χ1v) is 6.92. The van der Waals surface area contributed by atoms with Gasteiger partial charge >= 0.3 is 0 Å². The molecule has 0 saturated carbocycles. The molecule has 1 atom stereocenters. The Labute approximate surface area is 109 Å². The molecule has 0 saturated heterocycles. The molecule has 1 unspecified atom stereocenters. The van der Waals surface area contributed by atoms with Crippen LogP contribution in [0.25, 0.3) is 11.1 Å². The minimum absolute atomic E-state index is 0.546. The van der Waals surface area contributed by atoms with Gasteiger partial charge in [-0.15, -0.1) is 0 Å². The van der Waals surface area contributed by atoms with Gasteiger partial charge < -0.3 is 9.73 Å². The summed E-state index contributed by atoms with van der Waals surface area (Å²) in [6.45, 7) is 6.49. The Morgan fingerprint density at radius 1 is 1.28 bits per heavy atom. The monoisotopic (exact) mass is 246 g/mol. The fourth-order valence-corrected chi connectivity index (χ4v) is 2.18. The number of oxazole rings is 1. The Balaban J connectivity index is 2.18. The van der Waals surface area contributed by atoms with Crippen molar-refractivity contribution in [3.8, 4) is 0 Å². The molecule has 0 fully saturated rings. The van der Waals surface area contributed by atoms with E-state index in [0.717, 1.165) is 35.5 Å². The van der Waals surface area contributed by atoms with Crippen LogP contribution >= 0.6 is 0 Å². The highest BCUT2D eigenvalue weighted by atomic mass is 16.3. The molecule has 0 spiro atoms. The molecule has 0 radical (unpaired) electrons. The van der Waals surface area contributed by atoms with Gasteiger partial charge in [0, 0.05) is 18.2 Å². The lowest BCUT2D eigenvalue weighted by Gasteiger charge is -2.17. The van der Waals surface area contributed by atoms with E-state index in [-0.39, 0.29) is 0 Å². The van der Waals surface area contributed by atoms with E-state index in [2.05, 4.69) is 43.2 Å². The van der Waals surface area contributed by atoms with Crippen molar-refractivity contribution in [2.45, 2.75) is 52.5 Å². The van der Waals surface area contributed by atoms with Crippen LogP contribution in [0, 0.1) is 0 Å². The standard InChI is InChI=1S/C15H22N2O/c1-4-7-11(5-2)16-12-8-9-14-13(10-12)17-15(6-3)18-14/h8-11,16H,4-7H2,1-3H3. The maximum atomic E-state index is 5.61. The molecule has 0 amide bonds. The van der Waals surface area contributed by atoms with Crippen LogP contribution in [0.15, 0.2) is 22.6 Å². The van der Waals surface area contributed by atoms with Crippen LogP contribution in [0.5, 0.6) is 0 Å². The molecule has 2 aromatic rings. The molecular weight excluding hydrogens is 224 g/mol. The zero-order valence-electron chi connectivity index (χ0n) is 11.5. The first-order chi connectivity index (χ1) is 8.76. The third-order valence-corrected chi connectivity index (χ3v) is 3.24. The van der Waals surface area contributed by atoms with Gasteiger partial charge in [0.15, 0.2) is 11.5 Å². The predicted octanol–water partition coefficient (Wildman–Crippen LogP) is 4.38. The van der Waals surface area contributed by atoms with Gasteiger partial charge in [-0.3, -0.25) is 0 Å². The Bertz CT molecular complexity index is 504. The molecule has 0 bridgehead atoms. The molecule has 1 heterocycles. The molecule has 98 valence electrons. The molecule has 0 aliphatic carbocycles. The first kappa shape index (κ1) is 12.9. The minimum atomic E-state index is 0.546. The molecule has 3 nitrogen and oxygen atoms in total. The second-order valence-electron chi connectivity index (χ2n) is 4.68. The summed E-state index contributed by atoms with van der Waals surface area (Å²) in [4.78, 5) is 4.46. The van der Waals surface area contributed by atoms with Gasteiger partial charge in [-0.25, -0.2) is 4.98 Å². The van der Waals surface area contributed by atoms with Gasteiger partial charge in [0.2, 0.25) is 0 Å². The van der Waals surface area contributed by atoms with E-state index in [9.17, 15) is 0 Å². The van der Waals surface area contributed by atoms with Gasteiger partial charge in [-0.2, -0.15) is 0 Å². The first-order valence-electron chi connectivity index (χ1n) is 6.92. The summed E-state index contributed by atoms with van der Waals surface area (Å²) in [6, 6.07) is 6.70. The van der Waals surface area contributed by atoms with Crippen molar-refractivity contribution in [1.82, 2.24) is 4.98 Å². The highest BCUT2D eigenvalue weighted by molar-refractivity contribution is 5.77. The van der Waals surface area contributed by atoms with Crippen LogP contribution < -0.4 is 5.32 Å². The van der Waals surface area contributed by atoms with Crippen molar-refractivity contribution in [3.05, 3.63) is 24.1 Å². The summed E-state index contributed by atoms with van der Waals surface area (Å²) < 4.78 is 5.61. The van der Waals surface area contributed by atoms with Crippen LogP contribution in [-0.2, 0) is 6.42 Å². The van der Waals surface area contributed by atoms with Crippen molar-refractivity contribution in [3.63, 3.8) is 0 Å². The molecule has 0 aliphatic rings. The maximum absolute atomic E-state index is 5.61. The highest BCUT2D eigenvalue weighted by Crippen LogP contribution is 2.21. The van der Waals surface area contributed by atoms with Crippen LogP contribution in [0.3, 0.4) is 0 Å². The number of nitrogens with zero attached hydrogens (tertiary/aromatic N) is 1. The van der Waals surface area contributed by atoms with Crippen LogP contribution in [-0.4, -0.2) is 11.0 Å². The van der Waals surface area contributed by atoms with E-state index in [1.807, 2.05) is 6.07 Å². The minimum Gasteiger partial charge on any atom is -0.441 e. The van der Waals surface area contributed by atoms with E-state index in [1.165, 1.54) is 12.8 Å². The molecule has 18 heavy (non-hydrogen) atoms. The number of aryl methyl sites for hydroxylation is 1. The number of anilines is 1. The zero-order chi connectivity index (χ0) is 13.0. The van der Waals surface area contributed by atoms with Crippen LogP contribution in [0.1, 0.15) is 45.9 Å². The fourth-order valence-electron chi connectivity index (χ4n) is 2.18. The van der Waals surface area contributed by atoms with Gasteiger partial charge in [0.25, 0.3) is 0 Å². The predicted molar refractivity (Wildman–Crippen MR) is 76.0 cm³/mol. The lowest BCUT2D eigenvalue weighted by Crippen LogP contribution is -2.17. The summed E-state index contributed by atoms with van der Waals surface area (Å²) in [5, 5.41) is 3.57. The summed E-state index contributed by atoms with van der Waals surface area (Å²) in [6.07, 6.45) is 4.39. The summed E-state index contributed by atoms with van der Waals surface area (Å²) in [5.41, 5.74) is 2.96. The number of fused-ring (bicyclic) bond motifs is 1. The SMILES string of the molecule is CCCC(CC)Nc1ccc2oc(CC)nc2c1. The van der Waals surface area contributed by atoms with Gasteiger partial charge in [0.05, 0.1) is 0 Å². The molecule has 1 aromatic carbocycles. The van der Waals surface area contributed by atoms with E-state index < -0.39 is 0 Å². The van der Waals surface area contributed by atoms with E-state index in [1.54, 1.807) is 0 Å². The topological polar surface area (TPSA) is 38.1 Å². The smallest absolute Gasteiger partial charge is 0.195 e. The average molecular weight is 246 g/mol. The van der Waals surface area contributed by atoms with E-state index in [4.69, 9.17) is 4.42 Å². The van der Waals surface area contributed by atoms with Gasteiger partial charge in [-0.05, 0) is 31.0 Å². The summed E-state index contributed by atoms with van der Waals surface area (Å²) in [5.74, 6) is 0.808. The van der Waals surface area contributed by atoms with Crippen molar-refractivity contribution < 1.29 is 4.42 Å². The molecule has 2 rings (SSSR count). The second-order valence-corrected chi connectivity index (χ2v) is 4.68. The second kappa shape index (κ2) is 5.89. The maximum Gasteiger partial charge on any atom is 0.195 e. The van der Waals surface area contributed by atoms with Gasteiger partial charge in [-0.1, -0.05) is 27.2 Å². The lowest BCUT2D eigenvalue weighted by atomic mass is 10.1. The molecule has 1 aromatic heterocycles. The number of rotatable bonds is 6. The summed E-state index contributed by atoms with van der Waals surface area (Å²) in [7, 11) is 0. The molecular formula is C15H22N2O. The summed E-state index contributed by atoms with van der Waals surface area (Å²) >= 11 is 0. The third-order valence-electron chi connectivity index (χ3n) is 3.24. The molecule has 3 heteroatoms. The normalized spacial score (nSPS) is 12.8. The molecule has 0 aliphatic heterocycles. The Kier molecular flexibility index (Phi) is 4.24. The van der Waals surface area contributed by atoms with Crippen LogP contribution in [0.4, 0.5) is 5.69 Å². The average Bonchev–Trinajstić information content (AvgIpc) is 2.80. The Morgan fingerprint density at radius 3 is 2.78 bits per heavy atom. The van der Waals surface area contributed by atoms with E-state index in [0.29, 0.717) is 6.04 Å². The zero-order valence-corrected chi connectivity index (χ0v) is 11.5. The lowest BCUT2D eigenvalue weighted by molar-refractivity contribution is 0.538. The Morgan fingerprint density at radius 2 is 2.11 bits per heavy atom. The highest BCUT2D eigenvalue weighted by Gasteiger charge is 2.08. The number of benzene rings is 1. The molecule has 1 N–H and O–H groups in total. The van der Waals surface area contributed by atoms with Crippen LogP contribution in [0.2, 0.25) is 0 Å². The fraction of sp³-hybridized carbons (Fsp3) is 0.533. The number of nitrogens with one attached hydrogen (secondary N) is 1. The largest absolute Gasteiger partial charge is 0.441 e. The Hall–Kier alpha value is -1.51. The van der Waals surface area contributed by atoms with Crippen molar-refractivity contribution in [2.24, 2.45) is 0 Å². The quantitative estimate of drug-likeness (QED) is 0.822. The van der Waals surface area contributed by atoms with Crippen molar-refractivity contribution >= 4 is 16.8 Å². The number of hydrogen-bond donors (Lipinski definition) is 1. The third kappa shape index (κ3) is 2.84. The van der Waals surface area contributed by atoms with Crippen molar-refractivity contribution in [2.75, 3.05) is 5.32 Å². The van der Waals surface area contributed by atoms with E-state index >= 15 is 0 Å². The van der Waals surface area contributed by atoms with Crippen molar-refractivity contribution in [1.29, 1.82) is 0 Å².